The molecular formula is C20H38O4. The number of rotatable bonds is 14. The number of carboxylic acid groups (broad SMARTS) is 1. The van der Waals surface area contributed by atoms with Crippen LogP contribution in [0.4, 0.5) is 0 Å². The molecule has 0 spiro atoms. The molecule has 1 rings (SSSR count). The number of unbranched alkanes of at least 4 members (excludes halogenated alkanes) is 8. The quantitative estimate of drug-likeness (QED) is 0.446. The van der Waals surface area contributed by atoms with E-state index in [2.05, 4.69) is 13.8 Å². The van der Waals surface area contributed by atoms with Crippen molar-refractivity contribution in [2.24, 2.45) is 11.8 Å². The molecule has 24 heavy (non-hydrogen) atoms. The van der Waals surface area contributed by atoms with Gasteiger partial charge in [0.15, 0.2) is 0 Å². The largest absolute Gasteiger partial charge is 0.481 e. The molecule has 1 aliphatic carbocycles. The van der Waals surface area contributed by atoms with E-state index in [-0.39, 0.29) is 12.0 Å². The second kappa shape index (κ2) is 12.7. The summed E-state index contributed by atoms with van der Waals surface area (Å²) in [6.45, 7) is 5.01. The fraction of sp³-hybridized carbons (Fsp3) is 0.950. The van der Waals surface area contributed by atoms with Crippen molar-refractivity contribution in [2.45, 2.75) is 103 Å². The van der Waals surface area contributed by atoms with Gasteiger partial charge in [-0.3, -0.25) is 4.79 Å². The minimum absolute atomic E-state index is 0.0108. The lowest BCUT2D eigenvalue weighted by atomic mass is 9.93. The first kappa shape index (κ1) is 21.4. The van der Waals surface area contributed by atoms with E-state index in [9.17, 15) is 15.0 Å². The van der Waals surface area contributed by atoms with Crippen LogP contribution in [0, 0.1) is 11.8 Å². The van der Waals surface area contributed by atoms with Gasteiger partial charge in [0.1, 0.15) is 0 Å². The van der Waals surface area contributed by atoms with E-state index < -0.39 is 18.0 Å². The third-order valence-corrected chi connectivity index (χ3v) is 5.32. The first-order valence-corrected chi connectivity index (χ1v) is 10.1. The molecule has 0 aromatic rings. The Kier molecular flexibility index (Phi) is 11.4. The summed E-state index contributed by atoms with van der Waals surface area (Å²) in [6.07, 6.45) is 12.1. The minimum atomic E-state index is -0.821. The number of hydrogen-bond donors (Lipinski definition) is 2. The highest BCUT2D eigenvalue weighted by Crippen LogP contribution is 2.37. The highest BCUT2D eigenvalue weighted by atomic mass is 16.5. The molecule has 0 amide bonds. The molecule has 142 valence electrons. The lowest BCUT2D eigenvalue weighted by Gasteiger charge is -2.24. The van der Waals surface area contributed by atoms with Crippen LogP contribution in [0.15, 0.2) is 0 Å². The highest BCUT2D eigenvalue weighted by Gasteiger charge is 2.46. The zero-order valence-corrected chi connectivity index (χ0v) is 15.7. The molecule has 0 aliphatic heterocycles. The summed E-state index contributed by atoms with van der Waals surface area (Å²) in [7, 11) is 0. The second-order valence-corrected chi connectivity index (χ2v) is 7.36. The van der Waals surface area contributed by atoms with Gasteiger partial charge in [0, 0.05) is 12.5 Å². The molecule has 4 heteroatoms. The van der Waals surface area contributed by atoms with Crippen LogP contribution in [0.5, 0.6) is 0 Å². The van der Waals surface area contributed by atoms with Gasteiger partial charge in [-0.05, 0) is 19.3 Å². The maximum absolute atomic E-state index is 11.5. The predicted molar refractivity (Wildman–Crippen MR) is 97.1 cm³/mol. The van der Waals surface area contributed by atoms with Crippen LogP contribution >= 0.6 is 0 Å². The van der Waals surface area contributed by atoms with E-state index in [1.54, 1.807) is 0 Å². The average Bonchev–Trinajstić information content (AvgIpc) is 2.87. The molecule has 4 atom stereocenters. The molecule has 0 saturated heterocycles. The Morgan fingerprint density at radius 3 is 2.12 bits per heavy atom. The van der Waals surface area contributed by atoms with Crippen LogP contribution in [-0.2, 0) is 9.53 Å². The Morgan fingerprint density at radius 2 is 1.54 bits per heavy atom. The van der Waals surface area contributed by atoms with Crippen molar-refractivity contribution in [3.05, 3.63) is 0 Å². The standard InChI is InChI=1S/C20H38O4/c1-3-5-7-9-11-13-16-18(21)15-17(20(22)23)19(16)24-14-12-10-8-6-4-2/h16-19,21H,3-15H2,1-2H3,(H,22,23)/t16-,17+,18-,19+/m0/s1. The summed E-state index contributed by atoms with van der Waals surface area (Å²) in [5.41, 5.74) is 0. The summed E-state index contributed by atoms with van der Waals surface area (Å²) >= 11 is 0. The molecule has 0 aromatic heterocycles. The van der Waals surface area contributed by atoms with Gasteiger partial charge in [0.05, 0.1) is 18.1 Å². The molecule has 1 aliphatic rings. The van der Waals surface area contributed by atoms with Gasteiger partial charge in [-0.25, -0.2) is 0 Å². The van der Waals surface area contributed by atoms with Crippen molar-refractivity contribution < 1.29 is 19.7 Å². The zero-order valence-electron chi connectivity index (χ0n) is 15.7. The van der Waals surface area contributed by atoms with Gasteiger partial charge in [-0.2, -0.15) is 0 Å². The summed E-state index contributed by atoms with van der Waals surface area (Å²) in [4.78, 5) is 11.5. The van der Waals surface area contributed by atoms with Crippen LogP contribution in [-0.4, -0.2) is 35.0 Å². The molecule has 0 heterocycles. The van der Waals surface area contributed by atoms with E-state index in [1.165, 1.54) is 44.9 Å². The molecule has 0 aromatic carbocycles. The second-order valence-electron chi connectivity index (χ2n) is 7.36. The van der Waals surface area contributed by atoms with E-state index >= 15 is 0 Å². The molecule has 1 fully saturated rings. The molecule has 4 nitrogen and oxygen atoms in total. The van der Waals surface area contributed by atoms with Crippen LogP contribution in [0.25, 0.3) is 0 Å². The topological polar surface area (TPSA) is 66.8 Å². The van der Waals surface area contributed by atoms with E-state index in [0.717, 1.165) is 25.7 Å². The van der Waals surface area contributed by atoms with Crippen molar-refractivity contribution in [2.75, 3.05) is 6.61 Å². The average molecular weight is 343 g/mol. The number of aliphatic carboxylic acids is 1. The van der Waals surface area contributed by atoms with Gasteiger partial charge in [0.25, 0.3) is 0 Å². The number of carboxylic acids is 1. The van der Waals surface area contributed by atoms with Crippen LogP contribution in [0.3, 0.4) is 0 Å². The van der Waals surface area contributed by atoms with Crippen molar-refractivity contribution in [1.29, 1.82) is 0 Å². The van der Waals surface area contributed by atoms with Gasteiger partial charge in [-0.1, -0.05) is 71.6 Å². The van der Waals surface area contributed by atoms with Gasteiger partial charge >= 0.3 is 5.97 Å². The normalized spacial score (nSPS) is 26.8. The fourth-order valence-electron chi connectivity index (χ4n) is 3.83. The van der Waals surface area contributed by atoms with Crippen LogP contribution in [0.2, 0.25) is 0 Å². The lowest BCUT2D eigenvalue weighted by Crippen LogP contribution is -2.32. The van der Waals surface area contributed by atoms with Crippen LogP contribution in [0.1, 0.15) is 90.9 Å². The Hall–Kier alpha value is -0.610. The first-order chi connectivity index (χ1) is 11.6. The third kappa shape index (κ3) is 7.52. The van der Waals surface area contributed by atoms with Crippen molar-refractivity contribution in [3.63, 3.8) is 0 Å². The molecule has 0 radical (unpaired) electrons. The Labute approximate surface area is 148 Å². The summed E-state index contributed by atoms with van der Waals surface area (Å²) < 4.78 is 5.98. The van der Waals surface area contributed by atoms with Crippen molar-refractivity contribution in [1.82, 2.24) is 0 Å². The Balaban J connectivity index is 2.41. The number of ether oxygens (including phenoxy) is 1. The van der Waals surface area contributed by atoms with E-state index in [4.69, 9.17) is 4.74 Å². The number of aliphatic hydroxyl groups is 1. The van der Waals surface area contributed by atoms with Crippen molar-refractivity contribution >= 4 is 5.97 Å². The molecule has 1 saturated carbocycles. The Morgan fingerprint density at radius 1 is 0.958 bits per heavy atom. The molecular weight excluding hydrogens is 304 g/mol. The monoisotopic (exact) mass is 342 g/mol. The predicted octanol–water partition coefficient (Wildman–Crippen LogP) is 4.78. The minimum Gasteiger partial charge on any atom is -0.481 e. The summed E-state index contributed by atoms with van der Waals surface area (Å²) in [6, 6.07) is 0. The summed E-state index contributed by atoms with van der Waals surface area (Å²) in [5, 5.41) is 19.8. The number of hydrogen-bond acceptors (Lipinski definition) is 3. The number of carbonyl (C=O) groups is 1. The first-order valence-electron chi connectivity index (χ1n) is 10.1. The van der Waals surface area contributed by atoms with Gasteiger partial charge in [0.2, 0.25) is 0 Å². The Bertz CT molecular complexity index is 332. The molecule has 0 unspecified atom stereocenters. The maximum atomic E-state index is 11.5. The summed E-state index contributed by atoms with van der Waals surface area (Å²) in [5.74, 6) is -1.38. The third-order valence-electron chi connectivity index (χ3n) is 5.32. The van der Waals surface area contributed by atoms with Crippen molar-refractivity contribution in [3.8, 4) is 0 Å². The zero-order chi connectivity index (χ0) is 17.8. The fourth-order valence-corrected chi connectivity index (χ4v) is 3.83. The number of aliphatic hydroxyl groups excluding tert-OH is 1. The molecule has 2 N–H and O–H groups in total. The van der Waals surface area contributed by atoms with Gasteiger partial charge in [-0.15, -0.1) is 0 Å². The molecule has 0 bridgehead atoms. The van der Waals surface area contributed by atoms with Crippen LogP contribution < -0.4 is 0 Å². The SMILES string of the molecule is CCCCCCCO[C@@H]1[C@@H](CCCCCCC)[C@@H](O)C[C@H]1C(=O)O. The smallest absolute Gasteiger partial charge is 0.309 e. The van der Waals surface area contributed by atoms with E-state index in [0.29, 0.717) is 13.0 Å². The lowest BCUT2D eigenvalue weighted by molar-refractivity contribution is -0.147. The highest BCUT2D eigenvalue weighted by molar-refractivity contribution is 5.71. The maximum Gasteiger partial charge on any atom is 0.309 e. The van der Waals surface area contributed by atoms with Gasteiger partial charge < -0.3 is 14.9 Å². The van der Waals surface area contributed by atoms with E-state index in [1.807, 2.05) is 0 Å².